The van der Waals surface area contributed by atoms with Crippen LogP contribution in [-0.2, 0) is 53.8 Å². The molecule has 0 aromatic heterocycles. The smallest absolute Gasteiger partial charge is 0.186 e. The van der Waals surface area contributed by atoms with E-state index in [1.54, 1.807) is 0 Å². The number of ether oxygens (including phenoxy) is 6. The van der Waals surface area contributed by atoms with Crippen LogP contribution in [0, 0.1) is 0 Å². The van der Waals surface area contributed by atoms with Crippen molar-refractivity contribution in [1.82, 2.24) is 0 Å². The minimum atomic E-state index is -0.963. The molecule has 6 heteroatoms. The summed E-state index contributed by atoms with van der Waals surface area (Å²) >= 11 is 0. The maximum absolute atomic E-state index is 7.42. The summed E-state index contributed by atoms with van der Waals surface area (Å²) in [5.74, 6) is 0. The molecule has 1 heterocycles. The molecular weight excluding hydrogens is 709 g/mol. The van der Waals surface area contributed by atoms with Crippen LogP contribution in [0.15, 0.2) is 182 Å². The lowest BCUT2D eigenvalue weighted by molar-refractivity contribution is -0.330. The Morgan fingerprint density at radius 1 is 0.439 bits per heavy atom. The molecule has 57 heavy (non-hydrogen) atoms. The number of unbranched alkanes of at least 4 members (excludes halogenated alkanes) is 2. The molecule has 0 unspecified atom stereocenters. The SMILES string of the molecule is CCCCCO[C@@H]1O[C@H](COC(c2ccccc2)(c2ccccc2)c2ccccc2)[C@@H](OCc2ccccc2)[C@H](OCc2ccccc2)[C@H]1OCc1ccccc1. The third-order valence-electron chi connectivity index (χ3n) is 10.5. The topological polar surface area (TPSA) is 55.4 Å². The Hall–Kier alpha value is -4.92. The van der Waals surface area contributed by atoms with E-state index in [-0.39, 0.29) is 6.61 Å². The molecule has 1 saturated heterocycles. The molecule has 0 aliphatic carbocycles. The van der Waals surface area contributed by atoms with Gasteiger partial charge in [-0.1, -0.05) is 202 Å². The number of hydrogen-bond donors (Lipinski definition) is 0. The van der Waals surface area contributed by atoms with E-state index in [1.807, 2.05) is 72.8 Å². The first kappa shape index (κ1) is 40.3. The molecule has 0 radical (unpaired) electrons. The lowest BCUT2D eigenvalue weighted by Gasteiger charge is -2.47. The van der Waals surface area contributed by atoms with Crippen molar-refractivity contribution >= 4 is 0 Å². The van der Waals surface area contributed by atoms with Gasteiger partial charge in [0, 0.05) is 6.61 Å². The van der Waals surface area contributed by atoms with E-state index in [0.29, 0.717) is 26.4 Å². The molecule has 1 aliphatic rings. The Bertz CT molecular complexity index is 1880. The van der Waals surface area contributed by atoms with Gasteiger partial charge in [-0.25, -0.2) is 0 Å². The average Bonchev–Trinajstić information content (AvgIpc) is 3.28. The van der Waals surface area contributed by atoms with E-state index in [9.17, 15) is 0 Å². The van der Waals surface area contributed by atoms with Crippen LogP contribution in [0.1, 0.15) is 59.6 Å². The Morgan fingerprint density at radius 3 is 1.25 bits per heavy atom. The summed E-state index contributed by atoms with van der Waals surface area (Å²) in [4.78, 5) is 0. The van der Waals surface area contributed by atoms with Crippen molar-refractivity contribution in [3.8, 4) is 0 Å². The molecule has 0 bridgehead atoms. The van der Waals surface area contributed by atoms with Crippen LogP contribution in [0.3, 0.4) is 0 Å². The van der Waals surface area contributed by atoms with Gasteiger partial charge in [-0.05, 0) is 39.8 Å². The molecule has 7 rings (SSSR count). The fourth-order valence-corrected chi connectivity index (χ4v) is 7.54. The highest BCUT2D eigenvalue weighted by molar-refractivity contribution is 5.47. The fourth-order valence-electron chi connectivity index (χ4n) is 7.54. The molecule has 294 valence electrons. The average molecular weight is 763 g/mol. The molecule has 6 nitrogen and oxygen atoms in total. The number of rotatable bonds is 20. The van der Waals surface area contributed by atoms with E-state index in [2.05, 4.69) is 116 Å². The number of hydrogen-bond acceptors (Lipinski definition) is 6. The third-order valence-corrected chi connectivity index (χ3v) is 10.5. The van der Waals surface area contributed by atoms with Gasteiger partial charge in [-0.15, -0.1) is 0 Å². The van der Waals surface area contributed by atoms with Gasteiger partial charge >= 0.3 is 0 Å². The third kappa shape index (κ3) is 10.5. The largest absolute Gasteiger partial charge is 0.368 e. The maximum atomic E-state index is 7.42. The summed E-state index contributed by atoms with van der Waals surface area (Å²) < 4.78 is 41.9. The van der Waals surface area contributed by atoms with Crippen LogP contribution in [0.4, 0.5) is 0 Å². The van der Waals surface area contributed by atoms with E-state index in [0.717, 1.165) is 52.6 Å². The Balaban J connectivity index is 1.29. The molecule has 6 aromatic rings. The van der Waals surface area contributed by atoms with Crippen molar-refractivity contribution in [2.75, 3.05) is 13.2 Å². The standard InChI is InChI=1S/C51H54O6/c1-2-3-22-35-52-50-49(55-38-42-27-14-6-15-28-42)48(54-37-41-25-12-5-13-26-41)47(53-36-40-23-10-4-11-24-40)46(57-50)39-56-51(43-29-16-7-17-30-43,44-31-18-8-19-32-44)45-33-20-9-21-34-45/h4-21,23-34,46-50H,2-3,22,35-39H2,1H3/t46-,47-,48+,49-,50-/m1/s1. The molecule has 1 aliphatic heterocycles. The first-order valence-electron chi connectivity index (χ1n) is 20.3. The first-order chi connectivity index (χ1) is 28.2. The van der Waals surface area contributed by atoms with Gasteiger partial charge in [-0.2, -0.15) is 0 Å². The molecule has 6 aromatic carbocycles. The summed E-state index contributed by atoms with van der Waals surface area (Å²) in [6.07, 6.45) is -0.0625. The molecule has 0 N–H and O–H groups in total. The molecule has 0 amide bonds. The normalized spacial score (nSPS) is 19.6. The van der Waals surface area contributed by atoms with E-state index < -0.39 is 36.3 Å². The predicted octanol–water partition coefficient (Wildman–Crippen LogP) is 10.7. The van der Waals surface area contributed by atoms with Gasteiger partial charge in [0.1, 0.15) is 30.0 Å². The van der Waals surface area contributed by atoms with Crippen LogP contribution >= 0.6 is 0 Å². The second kappa shape index (κ2) is 21.0. The first-order valence-corrected chi connectivity index (χ1v) is 20.3. The van der Waals surface area contributed by atoms with Crippen molar-refractivity contribution in [2.24, 2.45) is 0 Å². The minimum absolute atomic E-state index is 0.170. The quantitative estimate of drug-likeness (QED) is 0.0570. The molecular formula is C51H54O6. The Labute approximate surface area is 338 Å². The van der Waals surface area contributed by atoms with E-state index in [4.69, 9.17) is 28.4 Å². The molecule has 0 spiro atoms. The van der Waals surface area contributed by atoms with Gasteiger partial charge in [0.15, 0.2) is 6.29 Å². The van der Waals surface area contributed by atoms with Crippen molar-refractivity contribution in [3.63, 3.8) is 0 Å². The second-order valence-corrected chi connectivity index (χ2v) is 14.5. The minimum Gasteiger partial charge on any atom is -0.368 e. The highest BCUT2D eigenvalue weighted by Crippen LogP contribution is 2.42. The van der Waals surface area contributed by atoms with Gasteiger partial charge in [-0.3, -0.25) is 0 Å². The summed E-state index contributed by atoms with van der Waals surface area (Å²) in [6, 6.07) is 61.9. The molecule has 5 atom stereocenters. The van der Waals surface area contributed by atoms with E-state index >= 15 is 0 Å². The fraction of sp³-hybridized carbons (Fsp3) is 0.294. The number of benzene rings is 6. The highest BCUT2D eigenvalue weighted by Gasteiger charge is 2.50. The molecule has 1 fully saturated rings. The van der Waals surface area contributed by atoms with Crippen LogP contribution < -0.4 is 0 Å². The highest BCUT2D eigenvalue weighted by atomic mass is 16.7. The summed E-state index contributed by atoms with van der Waals surface area (Å²) in [7, 11) is 0. The summed E-state index contributed by atoms with van der Waals surface area (Å²) in [5.41, 5.74) is 5.21. The zero-order valence-electron chi connectivity index (χ0n) is 32.8. The van der Waals surface area contributed by atoms with Gasteiger partial charge in [0.05, 0.1) is 26.4 Å². The summed E-state index contributed by atoms with van der Waals surface area (Å²) in [6.45, 7) is 3.96. The zero-order chi connectivity index (χ0) is 39.0. The van der Waals surface area contributed by atoms with Crippen LogP contribution in [0.5, 0.6) is 0 Å². The van der Waals surface area contributed by atoms with Gasteiger partial charge in [0.25, 0.3) is 0 Å². The monoisotopic (exact) mass is 762 g/mol. The molecule has 0 saturated carbocycles. The van der Waals surface area contributed by atoms with Crippen LogP contribution in [0.25, 0.3) is 0 Å². The Kier molecular flexibility index (Phi) is 14.9. The van der Waals surface area contributed by atoms with Crippen molar-refractivity contribution in [3.05, 3.63) is 215 Å². The maximum Gasteiger partial charge on any atom is 0.186 e. The lowest BCUT2D eigenvalue weighted by Crippen LogP contribution is -2.62. The van der Waals surface area contributed by atoms with Crippen molar-refractivity contribution < 1.29 is 28.4 Å². The summed E-state index contributed by atoms with van der Waals surface area (Å²) in [5, 5.41) is 0. The van der Waals surface area contributed by atoms with Crippen molar-refractivity contribution in [2.45, 2.75) is 82.3 Å². The lowest BCUT2D eigenvalue weighted by atomic mass is 9.80. The zero-order valence-corrected chi connectivity index (χ0v) is 32.8. The Morgan fingerprint density at radius 2 is 0.825 bits per heavy atom. The second-order valence-electron chi connectivity index (χ2n) is 14.5. The van der Waals surface area contributed by atoms with Gasteiger partial charge in [0.2, 0.25) is 0 Å². The van der Waals surface area contributed by atoms with Crippen LogP contribution in [0.2, 0.25) is 0 Å². The van der Waals surface area contributed by atoms with E-state index in [1.165, 1.54) is 0 Å². The van der Waals surface area contributed by atoms with Gasteiger partial charge < -0.3 is 28.4 Å². The van der Waals surface area contributed by atoms with Crippen molar-refractivity contribution in [1.29, 1.82) is 0 Å². The predicted molar refractivity (Wildman–Crippen MR) is 224 cm³/mol. The van der Waals surface area contributed by atoms with Crippen LogP contribution in [-0.4, -0.2) is 43.9 Å².